The van der Waals surface area contributed by atoms with Crippen LogP contribution in [0.4, 0.5) is 5.00 Å². The normalized spacial score (nSPS) is 10.3. The number of carbonyl (C=O) groups is 2. The zero-order valence-electron chi connectivity index (χ0n) is 11.3. The van der Waals surface area contributed by atoms with Gasteiger partial charge >= 0.3 is 5.97 Å². The minimum Gasteiger partial charge on any atom is -0.457 e. The summed E-state index contributed by atoms with van der Waals surface area (Å²) < 4.78 is 5.25. The minimum atomic E-state index is -0.449. The molecular weight excluding hydrogens is 274 g/mol. The van der Waals surface area contributed by atoms with E-state index in [-0.39, 0.29) is 12.4 Å². The molecular formula is C15H15NO3S. The van der Waals surface area contributed by atoms with Gasteiger partial charge in [0.1, 0.15) is 11.5 Å². The van der Waals surface area contributed by atoms with Crippen molar-refractivity contribution in [1.82, 2.24) is 0 Å². The van der Waals surface area contributed by atoms with E-state index in [1.807, 2.05) is 30.3 Å². The number of anilines is 1. The van der Waals surface area contributed by atoms with Crippen LogP contribution in [-0.2, 0) is 11.3 Å². The van der Waals surface area contributed by atoms with Crippen LogP contribution in [0.1, 0.15) is 38.1 Å². The van der Waals surface area contributed by atoms with E-state index in [9.17, 15) is 9.59 Å². The average molecular weight is 289 g/mol. The number of thiophene rings is 1. The lowest BCUT2D eigenvalue weighted by molar-refractivity contribution is 0.0478. The van der Waals surface area contributed by atoms with Gasteiger partial charge in [0.05, 0.1) is 10.6 Å². The van der Waals surface area contributed by atoms with E-state index in [1.54, 1.807) is 6.92 Å². The minimum absolute atomic E-state index is 0.140. The summed E-state index contributed by atoms with van der Waals surface area (Å²) in [5.41, 5.74) is 7.70. The van der Waals surface area contributed by atoms with Crippen LogP contribution < -0.4 is 5.73 Å². The van der Waals surface area contributed by atoms with Crippen molar-refractivity contribution in [3.63, 3.8) is 0 Å². The third-order valence-electron chi connectivity index (χ3n) is 2.92. The highest BCUT2D eigenvalue weighted by Gasteiger charge is 2.22. The Morgan fingerprint density at radius 1 is 1.25 bits per heavy atom. The molecule has 1 aromatic heterocycles. The molecule has 104 valence electrons. The van der Waals surface area contributed by atoms with Crippen molar-refractivity contribution >= 4 is 28.1 Å². The summed E-state index contributed by atoms with van der Waals surface area (Å²) in [6.07, 6.45) is 0. The largest absolute Gasteiger partial charge is 0.457 e. The van der Waals surface area contributed by atoms with Gasteiger partial charge in [-0.2, -0.15) is 0 Å². The number of hydrogen-bond acceptors (Lipinski definition) is 5. The second-order valence-electron chi connectivity index (χ2n) is 4.41. The molecule has 4 nitrogen and oxygen atoms in total. The van der Waals surface area contributed by atoms with Crippen LogP contribution in [0, 0.1) is 6.92 Å². The molecule has 2 aromatic rings. The van der Waals surface area contributed by atoms with Gasteiger partial charge in [-0.25, -0.2) is 4.79 Å². The van der Waals surface area contributed by atoms with E-state index in [0.717, 1.165) is 16.9 Å². The summed E-state index contributed by atoms with van der Waals surface area (Å²) in [5.74, 6) is -0.589. The highest BCUT2D eigenvalue weighted by molar-refractivity contribution is 7.18. The Balaban J connectivity index is 2.14. The van der Waals surface area contributed by atoms with Gasteiger partial charge in [0.25, 0.3) is 0 Å². The first-order valence-corrected chi connectivity index (χ1v) is 6.93. The van der Waals surface area contributed by atoms with E-state index in [0.29, 0.717) is 21.0 Å². The van der Waals surface area contributed by atoms with Crippen LogP contribution in [0.5, 0.6) is 0 Å². The molecule has 0 radical (unpaired) electrons. The Morgan fingerprint density at radius 2 is 1.90 bits per heavy atom. The molecule has 0 atom stereocenters. The zero-order chi connectivity index (χ0) is 14.7. The molecule has 0 aliphatic rings. The highest BCUT2D eigenvalue weighted by atomic mass is 32.1. The molecule has 1 heterocycles. The number of esters is 1. The van der Waals surface area contributed by atoms with E-state index < -0.39 is 5.97 Å². The smallest absolute Gasteiger partial charge is 0.349 e. The summed E-state index contributed by atoms with van der Waals surface area (Å²) in [5, 5.41) is 0.363. The molecule has 2 rings (SSSR count). The lowest BCUT2D eigenvalue weighted by atomic mass is 10.1. The topological polar surface area (TPSA) is 69.4 Å². The van der Waals surface area contributed by atoms with Gasteiger partial charge < -0.3 is 10.5 Å². The number of hydrogen-bond donors (Lipinski definition) is 1. The molecule has 0 saturated heterocycles. The van der Waals surface area contributed by atoms with Crippen molar-refractivity contribution in [2.24, 2.45) is 0 Å². The quantitative estimate of drug-likeness (QED) is 0.693. The number of nitrogens with two attached hydrogens (primary N) is 1. The van der Waals surface area contributed by atoms with Gasteiger partial charge in [0.15, 0.2) is 5.78 Å². The molecule has 0 aliphatic heterocycles. The van der Waals surface area contributed by atoms with E-state index in [4.69, 9.17) is 10.5 Å². The molecule has 1 aromatic carbocycles. The van der Waals surface area contributed by atoms with Crippen LogP contribution in [0.3, 0.4) is 0 Å². The first kappa shape index (κ1) is 14.3. The summed E-state index contributed by atoms with van der Waals surface area (Å²) in [7, 11) is 0. The number of carbonyl (C=O) groups excluding carboxylic acids is 2. The Labute approximate surface area is 121 Å². The fourth-order valence-electron chi connectivity index (χ4n) is 1.96. The summed E-state index contributed by atoms with van der Waals surface area (Å²) >= 11 is 1.09. The molecule has 0 saturated carbocycles. The predicted octanol–water partition coefficient (Wildman–Crippen LogP) is 3.20. The van der Waals surface area contributed by atoms with Gasteiger partial charge in [-0.05, 0) is 25.0 Å². The molecule has 20 heavy (non-hydrogen) atoms. The van der Waals surface area contributed by atoms with Crippen LogP contribution in [-0.4, -0.2) is 11.8 Å². The molecule has 0 aliphatic carbocycles. The number of Topliss-reactive ketones (excluding diaryl/α,β-unsaturated/α-hetero) is 1. The van der Waals surface area contributed by atoms with Gasteiger partial charge in [0, 0.05) is 0 Å². The van der Waals surface area contributed by atoms with Crippen LogP contribution in [0.2, 0.25) is 0 Å². The summed E-state index contributed by atoms with van der Waals surface area (Å²) in [4.78, 5) is 23.9. The van der Waals surface area contributed by atoms with E-state index in [1.165, 1.54) is 6.92 Å². The fraction of sp³-hybridized carbons (Fsp3) is 0.200. The van der Waals surface area contributed by atoms with Crippen LogP contribution in [0.25, 0.3) is 0 Å². The molecule has 0 fully saturated rings. The number of ketones is 1. The SMILES string of the molecule is CC(=O)c1c(N)sc(C(=O)OCc2ccccc2)c1C. The summed E-state index contributed by atoms with van der Waals surface area (Å²) in [6.45, 7) is 3.35. The third-order valence-corrected chi connectivity index (χ3v) is 4.03. The molecule has 0 spiro atoms. The second kappa shape index (κ2) is 5.88. The first-order valence-electron chi connectivity index (χ1n) is 6.11. The fourth-order valence-corrected chi connectivity index (χ4v) is 2.97. The standard InChI is InChI=1S/C15H15NO3S/c1-9-12(10(2)17)14(16)20-13(9)15(18)19-8-11-6-4-3-5-7-11/h3-7H,8,16H2,1-2H3. The maximum Gasteiger partial charge on any atom is 0.349 e. The van der Waals surface area contributed by atoms with Gasteiger partial charge in [-0.15, -0.1) is 11.3 Å². The monoisotopic (exact) mass is 289 g/mol. The average Bonchev–Trinajstić information content (AvgIpc) is 2.72. The molecule has 0 amide bonds. The maximum atomic E-state index is 12.0. The Morgan fingerprint density at radius 3 is 2.45 bits per heavy atom. The maximum absolute atomic E-state index is 12.0. The lowest BCUT2D eigenvalue weighted by Crippen LogP contribution is -2.05. The number of rotatable bonds is 4. The van der Waals surface area contributed by atoms with Crippen molar-refractivity contribution in [3.8, 4) is 0 Å². The van der Waals surface area contributed by atoms with Crippen LogP contribution >= 0.6 is 11.3 Å². The number of nitrogen functional groups attached to an aromatic ring is 1. The van der Waals surface area contributed by atoms with Gasteiger partial charge in [0.2, 0.25) is 0 Å². The molecule has 0 bridgehead atoms. The van der Waals surface area contributed by atoms with Gasteiger partial charge in [-0.1, -0.05) is 30.3 Å². The van der Waals surface area contributed by atoms with Crippen LogP contribution in [0.15, 0.2) is 30.3 Å². The highest BCUT2D eigenvalue weighted by Crippen LogP contribution is 2.31. The first-order chi connectivity index (χ1) is 9.50. The number of benzene rings is 1. The lowest BCUT2D eigenvalue weighted by Gasteiger charge is -2.04. The number of ether oxygens (including phenoxy) is 1. The predicted molar refractivity (Wildman–Crippen MR) is 79.0 cm³/mol. The summed E-state index contributed by atoms with van der Waals surface area (Å²) in [6, 6.07) is 9.42. The van der Waals surface area contributed by atoms with E-state index in [2.05, 4.69) is 0 Å². The van der Waals surface area contributed by atoms with Crippen molar-refractivity contribution in [1.29, 1.82) is 0 Å². The van der Waals surface area contributed by atoms with Crippen molar-refractivity contribution < 1.29 is 14.3 Å². The molecule has 0 unspecified atom stereocenters. The van der Waals surface area contributed by atoms with Gasteiger partial charge in [-0.3, -0.25) is 4.79 Å². The Hall–Kier alpha value is -2.14. The molecule has 5 heteroatoms. The molecule has 2 N–H and O–H groups in total. The zero-order valence-corrected chi connectivity index (χ0v) is 12.1. The van der Waals surface area contributed by atoms with Crippen molar-refractivity contribution in [3.05, 3.63) is 51.9 Å². The third kappa shape index (κ3) is 2.88. The van der Waals surface area contributed by atoms with E-state index >= 15 is 0 Å². The Kier molecular flexibility index (Phi) is 4.20. The second-order valence-corrected chi connectivity index (χ2v) is 5.47. The van der Waals surface area contributed by atoms with Crippen molar-refractivity contribution in [2.75, 3.05) is 5.73 Å². The van der Waals surface area contributed by atoms with Crippen molar-refractivity contribution in [2.45, 2.75) is 20.5 Å². The Bertz CT molecular complexity index is 647.